The molecule has 0 aromatic heterocycles. The van der Waals surface area contributed by atoms with Crippen LogP contribution in [0.2, 0.25) is 0 Å². The number of rotatable bonds is 4. The molecule has 1 N–H and O–H groups in total. The Kier molecular flexibility index (Phi) is 3.10. The first-order chi connectivity index (χ1) is 8.15. The van der Waals surface area contributed by atoms with Crippen LogP contribution >= 0.6 is 0 Å². The van der Waals surface area contributed by atoms with Gasteiger partial charge in [-0.05, 0) is 5.56 Å². The van der Waals surface area contributed by atoms with Crippen LogP contribution in [0.25, 0.3) is 0 Å². The number of carboxylic acid groups (broad SMARTS) is 1. The van der Waals surface area contributed by atoms with Gasteiger partial charge in [0, 0.05) is 13.7 Å². The van der Waals surface area contributed by atoms with Crippen LogP contribution in [0.1, 0.15) is 5.56 Å². The Labute approximate surface area is 98.6 Å². The number of carbonyl (C=O) groups excluding carboxylic acids is 1. The first-order valence-electron chi connectivity index (χ1n) is 5.25. The van der Waals surface area contributed by atoms with Crippen molar-refractivity contribution < 1.29 is 19.4 Å². The second-order valence-electron chi connectivity index (χ2n) is 3.89. The van der Waals surface area contributed by atoms with Crippen LogP contribution in [0, 0.1) is 0 Å². The highest BCUT2D eigenvalue weighted by molar-refractivity contribution is 5.98. The minimum Gasteiger partial charge on any atom is -0.480 e. The summed E-state index contributed by atoms with van der Waals surface area (Å²) in [4.78, 5) is 24.0. The number of likely N-dealkylation sites (tertiary alicyclic amines) is 1. The number of hydrogen-bond donors (Lipinski definition) is 1. The lowest BCUT2D eigenvalue weighted by atomic mass is 9.97. The van der Waals surface area contributed by atoms with Crippen LogP contribution in [0.15, 0.2) is 30.3 Å². The first-order valence-corrected chi connectivity index (χ1v) is 5.25. The summed E-state index contributed by atoms with van der Waals surface area (Å²) in [7, 11) is 1.35. The molecule has 2 atom stereocenters. The van der Waals surface area contributed by atoms with E-state index < -0.39 is 18.1 Å². The summed E-state index contributed by atoms with van der Waals surface area (Å²) in [5.41, 5.74) is 0.904. The number of carboxylic acids is 1. The monoisotopic (exact) mass is 235 g/mol. The zero-order chi connectivity index (χ0) is 12.4. The second kappa shape index (κ2) is 4.55. The topological polar surface area (TPSA) is 66.8 Å². The summed E-state index contributed by atoms with van der Waals surface area (Å²) >= 11 is 0. The van der Waals surface area contributed by atoms with Gasteiger partial charge in [0.25, 0.3) is 5.91 Å². The van der Waals surface area contributed by atoms with Crippen molar-refractivity contribution in [3.05, 3.63) is 35.9 Å². The molecule has 0 spiro atoms. The number of hydrogen-bond acceptors (Lipinski definition) is 3. The maximum absolute atomic E-state index is 11.6. The van der Waals surface area contributed by atoms with Gasteiger partial charge in [-0.15, -0.1) is 0 Å². The van der Waals surface area contributed by atoms with Gasteiger partial charge in [-0.1, -0.05) is 30.3 Å². The summed E-state index contributed by atoms with van der Waals surface area (Å²) in [6.07, 6.45) is -0.851. The van der Waals surface area contributed by atoms with Crippen molar-refractivity contribution in [1.82, 2.24) is 4.90 Å². The van der Waals surface area contributed by atoms with E-state index >= 15 is 0 Å². The summed E-state index contributed by atoms with van der Waals surface area (Å²) < 4.78 is 4.87. The Bertz CT molecular complexity index is 431. The van der Waals surface area contributed by atoms with E-state index in [4.69, 9.17) is 9.84 Å². The SMILES string of the molecule is CO[C@@H]1C(=O)N(Cc2ccccc2)[C@@H]1C(=O)O. The molecule has 1 aromatic carbocycles. The van der Waals surface area contributed by atoms with Gasteiger partial charge in [0.05, 0.1) is 0 Å². The minimum absolute atomic E-state index is 0.274. The number of carbonyl (C=O) groups is 2. The number of aliphatic carboxylic acids is 1. The molecule has 1 heterocycles. The van der Waals surface area contributed by atoms with E-state index in [2.05, 4.69) is 0 Å². The van der Waals surface area contributed by atoms with Gasteiger partial charge in [0.15, 0.2) is 12.1 Å². The van der Waals surface area contributed by atoms with E-state index in [0.717, 1.165) is 5.56 Å². The lowest BCUT2D eigenvalue weighted by Crippen LogP contribution is -2.67. The van der Waals surface area contributed by atoms with Crippen LogP contribution in [0.3, 0.4) is 0 Å². The standard InChI is InChI=1S/C12H13NO4/c1-17-10-9(12(15)16)13(11(10)14)7-8-5-3-2-4-6-8/h2-6,9-10H,7H2,1H3,(H,15,16)/t9-,10-/m0/s1. The summed E-state index contributed by atoms with van der Waals surface area (Å²) in [5.74, 6) is -1.31. The first kappa shape index (κ1) is 11.6. The highest BCUT2D eigenvalue weighted by Crippen LogP contribution is 2.25. The van der Waals surface area contributed by atoms with Crippen molar-refractivity contribution in [2.75, 3.05) is 7.11 Å². The maximum atomic E-state index is 11.6. The molecule has 2 rings (SSSR count). The average Bonchev–Trinajstić information content (AvgIpc) is 2.33. The van der Waals surface area contributed by atoms with Gasteiger partial charge in [-0.2, -0.15) is 0 Å². The normalized spacial score (nSPS) is 23.4. The lowest BCUT2D eigenvalue weighted by Gasteiger charge is -2.43. The Balaban J connectivity index is 2.11. The molecule has 0 saturated carbocycles. The van der Waals surface area contributed by atoms with Crippen molar-refractivity contribution >= 4 is 11.9 Å². The fraction of sp³-hybridized carbons (Fsp3) is 0.333. The van der Waals surface area contributed by atoms with Crippen molar-refractivity contribution in [3.8, 4) is 0 Å². The summed E-state index contributed by atoms with van der Waals surface area (Å²) in [5, 5.41) is 9.03. The molecular weight excluding hydrogens is 222 g/mol. The molecule has 0 unspecified atom stereocenters. The second-order valence-corrected chi connectivity index (χ2v) is 3.89. The van der Waals surface area contributed by atoms with Crippen LogP contribution in [0.4, 0.5) is 0 Å². The lowest BCUT2D eigenvalue weighted by molar-refractivity contribution is -0.183. The number of nitrogens with zero attached hydrogens (tertiary/aromatic N) is 1. The van der Waals surface area contributed by atoms with E-state index in [1.807, 2.05) is 30.3 Å². The fourth-order valence-corrected chi connectivity index (χ4v) is 1.97. The van der Waals surface area contributed by atoms with Gasteiger partial charge in [0.2, 0.25) is 0 Å². The Morgan fingerprint density at radius 3 is 2.59 bits per heavy atom. The number of benzene rings is 1. The molecule has 17 heavy (non-hydrogen) atoms. The van der Waals surface area contributed by atoms with Crippen molar-refractivity contribution in [2.24, 2.45) is 0 Å². The van der Waals surface area contributed by atoms with Crippen LogP contribution in [0.5, 0.6) is 0 Å². The van der Waals surface area contributed by atoms with E-state index in [9.17, 15) is 9.59 Å². The Morgan fingerprint density at radius 2 is 2.06 bits per heavy atom. The quantitative estimate of drug-likeness (QED) is 0.771. The molecule has 1 fully saturated rings. The van der Waals surface area contributed by atoms with Crippen LogP contribution in [-0.2, 0) is 20.9 Å². The van der Waals surface area contributed by atoms with Crippen molar-refractivity contribution in [2.45, 2.75) is 18.7 Å². The molecule has 1 aromatic rings. The van der Waals surface area contributed by atoms with Crippen LogP contribution < -0.4 is 0 Å². The molecule has 0 radical (unpaired) electrons. The number of amides is 1. The van der Waals surface area contributed by atoms with Gasteiger partial charge in [-0.25, -0.2) is 4.79 Å². The van der Waals surface area contributed by atoms with Gasteiger partial charge >= 0.3 is 5.97 Å². The van der Waals surface area contributed by atoms with E-state index in [0.29, 0.717) is 6.54 Å². The Hall–Kier alpha value is -1.88. The molecule has 90 valence electrons. The van der Waals surface area contributed by atoms with Gasteiger partial charge < -0.3 is 14.7 Å². The number of methoxy groups -OCH3 is 1. The van der Waals surface area contributed by atoms with E-state index in [-0.39, 0.29) is 5.91 Å². The maximum Gasteiger partial charge on any atom is 0.329 e. The largest absolute Gasteiger partial charge is 0.480 e. The molecule has 1 aliphatic heterocycles. The highest BCUT2D eigenvalue weighted by atomic mass is 16.5. The summed E-state index contributed by atoms with van der Waals surface area (Å²) in [6, 6.07) is 8.40. The third-order valence-electron chi connectivity index (χ3n) is 2.85. The molecular formula is C12H13NO4. The minimum atomic E-state index is -1.03. The molecule has 1 amide bonds. The smallest absolute Gasteiger partial charge is 0.329 e. The third kappa shape index (κ3) is 2.01. The molecule has 1 saturated heterocycles. The molecule has 5 nitrogen and oxygen atoms in total. The third-order valence-corrected chi connectivity index (χ3v) is 2.85. The predicted octanol–water partition coefficient (Wildman–Crippen LogP) is 0.497. The zero-order valence-electron chi connectivity index (χ0n) is 9.37. The average molecular weight is 235 g/mol. The van der Waals surface area contributed by atoms with Gasteiger partial charge in [0.1, 0.15) is 0 Å². The Morgan fingerprint density at radius 1 is 1.41 bits per heavy atom. The van der Waals surface area contributed by atoms with Crippen LogP contribution in [-0.4, -0.2) is 41.1 Å². The molecule has 5 heteroatoms. The fourth-order valence-electron chi connectivity index (χ4n) is 1.97. The predicted molar refractivity (Wildman–Crippen MR) is 59.2 cm³/mol. The summed E-state index contributed by atoms with van der Waals surface area (Å²) in [6.45, 7) is 0.302. The zero-order valence-corrected chi connectivity index (χ0v) is 9.37. The molecule has 1 aliphatic rings. The van der Waals surface area contributed by atoms with Crippen molar-refractivity contribution in [1.29, 1.82) is 0 Å². The highest BCUT2D eigenvalue weighted by Gasteiger charge is 2.52. The van der Waals surface area contributed by atoms with E-state index in [1.54, 1.807) is 0 Å². The number of β-lactam (4-membered cyclic amide) rings is 1. The molecule has 0 bridgehead atoms. The van der Waals surface area contributed by atoms with Crippen molar-refractivity contribution in [3.63, 3.8) is 0 Å². The molecule has 0 aliphatic carbocycles. The van der Waals surface area contributed by atoms with E-state index in [1.165, 1.54) is 12.0 Å². The number of ether oxygens (including phenoxy) is 1. The van der Waals surface area contributed by atoms with Gasteiger partial charge in [-0.3, -0.25) is 4.79 Å².